The minimum atomic E-state index is -4.81. The van der Waals surface area contributed by atoms with Crippen molar-refractivity contribution in [3.63, 3.8) is 0 Å². The molecule has 0 atom stereocenters. The molecule has 8 aromatic rings. The summed E-state index contributed by atoms with van der Waals surface area (Å²) in [6.07, 6.45) is -9.50. The van der Waals surface area contributed by atoms with E-state index in [1.807, 2.05) is 18.2 Å². The Morgan fingerprint density at radius 1 is 0.538 bits per heavy atom. The molecule has 8 rings (SSSR count). The number of fused-ring (bicyclic) bond motifs is 6. The lowest BCUT2D eigenvalue weighted by atomic mass is 9.96. The van der Waals surface area contributed by atoms with Crippen LogP contribution in [0.1, 0.15) is 22.3 Å². The van der Waals surface area contributed by atoms with Crippen LogP contribution < -0.4 is 0 Å². The molecule has 0 N–H and O–H groups in total. The molecule has 0 amide bonds. The Balaban J connectivity index is 1.59. The highest BCUT2D eigenvalue weighted by Gasteiger charge is 2.33. The van der Waals surface area contributed by atoms with Crippen LogP contribution in [0.2, 0.25) is 0 Å². The molecule has 52 heavy (non-hydrogen) atoms. The maximum Gasteiger partial charge on any atom is 0.416 e. The van der Waals surface area contributed by atoms with E-state index in [0.29, 0.717) is 44.6 Å². The van der Waals surface area contributed by atoms with Crippen LogP contribution in [-0.4, -0.2) is 9.13 Å². The highest BCUT2D eigenvalue weighted by molar-refractivity contribution is 6.12. The normalized spacial score (nSPS) is 12.0. The quantitative estimate of drug-likeness (QED) is 0.136. The first-order chi connectivity index (χ1) is 24.9. The highest BCUT2D eigenvalue weighted by atomic mass is 19.4. The zero-order chi connectivity index (χ0) is 36.5. The fourth-order valence-corrected chi connectivity index (χ4v) is 6.97. The van der Waals surface area contributed by atoms with Crippen molar-refractivity contribution in [3.05, 3.63) is 149 Å². The third-order valence-electron chi connectivity index (χ3n) is 9.21. The maximum absolute atomic E-state index is 14.2. The van der Waals surface area contributed by atoms with E-state index in [1.165, 1.54) is 24.3 Å². The van der Waals surface area contributed by atoms with Gasteiger partial charge in [-0.05, 0) is 72.3 Å². The number of halogens is 6. The first kappa shape index (κ1) is 32.2. The van der Waals surface area contributed by atoms with Gasteiger partial charge in [0.15, 0.2) is 5.69 Å². The molecule has 0 aliphatic rings. The molecule has 250 valence electrons. The average Bonchev–Trinajstić information content (AvgIpc) is 3.65. The summed E-state index contributed by atoms with van der Waals surface area (Å²) in [5.74, 6) is 0. The van der Waals surface area contributed by atoms with Gasteiger partial charge >= 0.3 is 12.4 Å². The van der Waals surface area contributed by atoms with Crippen molar-refractivity contribution in [1.82, 2.24) is 9.13 Å². The lowest BCUT2D eigenvalue weighted by Gasteiger charge is -2.20. The second-order valence-corrected chi connectivity index (χ2v) is 12.2. The van der Waals surface area contributed by atoms with Gasteiger partial charge in [-0.3, -0.25) is 0 Å². The van der Waals surface area contributed by atoms with E-state index in [-0.39, 0.29) is 33.6 Å². The standard InChI is InChI=1S/C41H19F6N5/c1-50-28-16-24(15-27(18-28)41(45,46)47)33-20-39(52-35-9-5-3-7-30(35)32-13-11-26(19-37(32)52)40(42,43)44)38(17-25(33)22-49)51-34-8-4-2-6-29(34)31-12-10-23(21-48)14-36(31)51/h2-20H. The zero-order valence-corrected chi connectivity index (χ0v) is 26.5. The van der Waals surface area contributed by atoms with E-state index >= 15 is 0 Å². The molecule has 2 heterocycles. The van der Waals surface area contributed by atoms with Crippen LogP contribution in [0.5, 0.6) is 0 Å². The Morgan fingerprint density at radius 2 is 1.10 bits per heavy atom. The predicted molar refractivity (Wildman–Crippen MR) is 186 cm³/mol. The van der Waals surface area contributed by atoms with E-state index in [0.717, 1.165) is 29.0 Å². The third kappa shape index (κ3) is 5.01. The van der Waals surface area contributed by atoms with Crippen molar-refractivity contribution >= 4 is 49.3 Å². The molecular weight excluding hydrogens is 676 g/mol. The van der Waals surface area contributed by atoms with Crippen LogP contribution in [-0.2, 0) is 12.4 Å². The Morgan fingerprint density at radius 3 is 1.67 bits per heavy atom. The minimum Gasteiger partial charge on any atom is -0.307 e. The maximum atomic E-state index is 14.2. The fourth-order valence-electron chi connectivity index (χ4n) is 6.97. The molecule has 0 saturated carbocycles. The largest absolute Gasteiger partial charge is 0.416 e. The molecule has 5 nitrogen and oxygen atoms in total. The zero-order valence-electron chi connectivity index (χ0n) is 26.5. The second-order valence-electron chi connectivity index (χ2n) is 12.2. The number of hydrogen-bond acceptors (Lipinski definition) is 2. The van der Waals surface area contributed by atoms with Gasteiger partial charge in [0.05, 0.1) is 68.8 Å². The van der Waals surface area contributed by atoms with Gasteiger partial charge in [-0.2, -0.15) is 36.9 Å². The molecule has 0 unspecified atom stereocenters. The number of alkyl halides is 6. The first-order valence-electron chi connectivity index (χ1n) is 15.6. The Bertz CT molecular complexity index is 2930. The summed E-state index contributed by atoms with van der Waals surface area (Å²) in [4.78, 5) is 3.24. The summed E-state index contributed by atoms with van der Waals surface area (Å²) in [6, 6.07) is 32.9. The number of nitrogens with zero attached hydrogens (tertiary/aromatic N) is 5. The summed E-state index contributed by atoms with van der Waals surface area (Å²) >= 11 is 0. The monoisotopic (exact) mass is 695 g/mol. The fraction of sp³-hybridized carbons (Fsp3) is 0.0488. The number of aromatic nitrogens is 2. The average molecular weight is 696 g/mol. The van der Waals surface area contributed by atoms with Gasteiger partial charge in [0, 0.05) is 32.7 Å². The second kappa shape index (κ2) is 11.5. The van der Waals surface area contributed by atoms with E-state index in [4.69, 9.17) is 6.57 Å². The van der Waals surface area contributed by atoms with Gasteiger partial charge in [-0.15, -0.1) is 0 Å². The SMILES string of the molecule is [C-]#[N+]c1cc(-c2cc(-n3c4ccccc4c4ccc(C(F)(F)F)cc43)c(-n3c4ccccc4c4ccc(C#N)cc43)cc2C#N)cc(C(F)(F)F)c1. The molecule has 0 bridgehead atoms. The molecule has 0 fully saturated rings. The smallest absolute Gasteiger partial charge is 0.307 e. The molecule has 0 radical (unpaired) electrons. The molecule has 0 aliphatic carbocycles. The lowest BCUT2D eigenvalue weighted by Crippen LogP contribution is -2.08. The summed E-state index contributed by atoms with van der Waals surface area (Å²) in [5, 5.41) is 23.0. The Hall–Kier alpha value is -7.03. The molecule has 0 aliphatic heterocycles. The van der Waals surface area contributed by atoms with E-state index in [9.17, 15) is 36.9 Å². The van der Waals surface area contributed by atoms with Crippen LogP contribution in [0.4, 0.5) is 32.0 Å². The van der Waals surface area contributed by atoms with Gasteiger partial charge < -0.3 is 9.13 Å². The molecule has 6 aromatic carbocycles. The van der Waals surface area contributed by atoms with E-state index < -0.39 is 23.5 Å². The summed E-state index contributed by atoms with van der Waals surface area (Å²) in [5.41, 5.74) is 0.368. The summed E-state index contributed by atoms with van der Waals surface area (Å²) < 4.78 is 88.3. The molecule has 0 spiro atoms. The van der Waals surface area contributed by atoms with Crippen molar-refractivity contribution < 1.29 is 26.3 Å². The van der Waals surface area contributed by atoms with Crippen molar-refractivity contribution in [2.45, 2.75) is 12.4 Å². The van der Waals surface area contributed by atoms with Gasteiger partial charge in [-0.1, -0.05) is 48.5 Å². The van der Waals surface area contributed by atoms with E-state index in [2.05, 4.69) is 17.0 Å². The summed E-state index contributed by atoms with van der Waals surface area (Å²) in [6.45, 7) is 7.50. The number of benzene rings is 6. The molecular formula is C41H19F6N5. The van der Waals surface area contributed by atoms with Crippen LogP contribution in [0.3, 0.4) is 0 Å². The summed E-state index contributed by atoms with van der Waals surface area (Å²) in [7, 11) is 0. The van der Waals surface area contributed by atoms with Gasteiger partial charge in [0.2, 0.25) is 0 Å². The highest BCUT2D eigenvalue weighted by Crippen LogP contribution is 2.44. The molecule has 0 saturated heterocycles. The predicted octanol–water partition coefficient (Wildman–Crippen LogP) is 11.9. The van der Waals surface area contributed by atoms with Crippen LogP contribution in [0.25, 0.3) is 71.0 Å². The van der Waals surface area contributed by atoms with Gasteiger partial charge in [0.1, 0.15) is 0 Å². The van der Waals surface area contributed by atoms with Gasteiger partial charge in [-0.25, -0.2) is 4.85 Å². The van der Waals surface area contributed by atoms with Crippen LogP contribution in [0.15, 0.2) is 115 Å². The van der Waals surface area contributed by atoms with Crippen LogP contribution >= 0.6 is 0 Å². The molecule has 2 aromatic heterocycles. The number of hydrogen-bond donors (Lipinski definition) is 0. The Labute approximate surface area is 290 Å². The number of rotatable bonds is 3. The van der Waals surface area contributed by atoms with Crippen molar-refractivity contribution in [1.29, 1.82) is 10.5 Å². The Kier molecular flexibility index (Phi) is 7.13. The van der Waals surface area contributed by atoms with Crippen molar-refractivity contribution in [3.8, 4) is 34.6 Å². The lowest BCUT2D eigenvalue weighted by molar-refractivity contribution is -0.138. The molecule has 11 heteroatoms. The minimum absolute atomic E-state index is 0.0358. The number of para-hydroxylation sites is 2. The third-order valence-corrected chi connectivity index (χ3v) is 9.21. The first-order valence-corrected chi connectivity index (χ1v) is 15.6. The van der Waals surface area contributed by atoms with Crippen molar-refractivity contribution in [2.24, 2.45) is 0 Å². The van der Waals surface area contributed by atoms with E-state index in [1.54, 1.807) is 57.7 Å². The van der Waals surface area contributed by atoms with Crippen LogP contribution in [0, 0.1) is 29.2 Å². The van der Waals surface area contributed by atoms with Crippen molar-refractivity contribution in [2.75, 3.05) is 0 Å². The topological polar surface area (TPSA) is 61.8 Å². The number of nitriles is 2. The van der Waals surface area contributed by atoms with Gasteiger partial charge in [0.25, 0.3) is 0 Å².